The van der Waals surface area contributed by atoms with Crippen molar-refractivity contribution in [2.24, 2.45) is 21.0 Å². The average Bonchev–Trinajstić information content (AvgIpc) is 2.67. The van der Waals surface area contributed by atoms with E-state index in [-0.39, 0.29) is 17.1 Å². The maximum atomic E-state index is 7.20. The van der Waals surface area contributed by atoms with Crippen LogP contribution in [-0.2, 0) is 0 Å². The summed E-state index contributed by atoms with van der Waals surface area (Å²) < 4.78 is 0. The van der Waals surface area contributed by atoms with Gasteiger partial charge in [-0.3, -0.25) is 5.41 Å². The van der Waals surface area contributed by atoms with Crippen LogP contribution in [0.5, 0.6) is 0 Å². The molecule has 0 bridgehead atoms. The van der Waals surface area contributed by atoms with Gasteiger partial charge in [0.05, 0.1) is 11.2 Å². The third kappa shape index (κ3) is 6.24. The predicted octanol–water partition coefficient (Wildman–Crippen LogP) is 2.99. The number of anilines is 1. The van der Waals surface area contributed by atoms with E-state index < -0.39 is 0 Å². The number of fused-ring (bicyclic) bond motifs is 1. The molecule has 0 saturated carbocycles. The van der Waals surface area contributed by atoms with Crippen molar-refractivity contribution in [3.8, 4) is 0 Å². The molecule has 0 aliphatic rings. The summed E-state index contributed by atoms with van der Waals surface area (Å²) in [4.78, 5) is 7.97. The fourth-order valence-electron chi connectivity index (χ4n) is 1.69. The zero-order valence-electron chi connectivity index (χ0n) is 13.9. The summed E-state index contributed by atoms with van der Waals surface area (Å²) in [6.07, 6.45) is 1.74. The number of benzene rings is 2. The smallest absolute Gasteiger partial charge is 0.240 e. The Morgan fingerprint density at radius 1 is 0.962 bits per heavy atom. The highest BCUT2D eigenvalue weighted by Gasteiger charge is 1.94. The van der Waals surface area contributed by atoms with E-state index in [2.05, 4.69) is 30.4 Å². The molecule has 0 aliphatic heterocycles. The number of amidine groups is 1. The normalized spacial score (nSPS) is 11.2. The first-order valence-electron chi connectivity index (χ1n) is 7.37. The van der Waals surface area contributed by atoms with Crippen LogP contribution in [0, 0.1) is 5.41 Å². The van der Waals surface area contributed by atoms with Crippen molar-refractivity contribution >= 4 is 45.6 Å². The number of nitrogen functional groups attached to an aromatic ring is 1. The molecule has 0 radical (unpaired) electrons. The van der Waals surface area contributed by atoms with Crippen molar-refractivity contribution < 1.29 is 0 Å². The maximum absolute atomic E-state index is 7.20. The molecule has 0 saturated heterocycles. The fourth-order valence-corrected chi connectivity index (χ4v) is 1.81. The van der Waals surface area contributed by atoms with E-state index in [1.54, 1.807) is 6.26 Å². The molecule has 1 aromatic heterocycles. The van der Waals surface area contributed by atoms with Gasteiger partial charge in [-0.2, -0.15) is 0 Å². The molecule has 10 heteroatoms. The minimum Gasteiger partial charge on any atom is -0.366 e. The summed E-state index contributed by atoms with van der Waals surface area (Å²) in [6.45, 7) is 0. The molecule has 1 heterocycles. The fraction of sp³-hybridized carbons (Fsp3) is 0.0625. The van der Waals surface area contributed by atoms with Crippen LogP contribution < -0.4 is 11.5 Å². The Hall–Kier alpha value is -3.40. The Labute approximate surface area is 154 Å². The van der Waals surface area contributed by atoms with Crippen LogP contribution in [0.2, 0.25) is 0 Å². The number of aromatic nitrogens is 3. The Morgan fingerprint density at radius 3 is 2.31 bits per heavy atom. The van der Waals surface area contributed by atoms with E-state index in [1.807, 2.05) is 54.6 Å². The summed E-state index contributed by atoms with van der Waals surface area (Å²) in [5, 5.41) is 21.9. The van der Waals surface area contributed by atoms with Crippen molar-refractivity contribution in [1.82, 2.24) is 15.2 Å². The lowest BCUT2D eigenvalue weighted by molar-refractivity contribution is 1.04. The Kier molecular flexibility index (Phi) is 7.13. The lowest BCUT2D eigenvalue weighted by atomic mass is 10.3. The van der Waals surface area contributed by atoms with E-state index in [9.17, 15) is 0 Å². The van der Waals surface area contributed by atoms with Gasteiger partial charge in [-0.05, 0) is 30.5 Å². The number of para-hydroxylation sites is 2. The SMILES string of the molecule is CSC(=N)N=NC(N)=Nc1ccccc1.Nc1nnc2ccccc2n1. The number of nitrogens with zero attached hydrogens (tertiary/aromatic N) is 6. The molecule has 3 aromatic rings. The van der Waals surface area contributed by atoms with Crippen LogP contribution in [-0.4, -0.2) is 32.6 Å². The molecular formula is C16H17N9S. The molecule has 0 atom stereocenters. The van der Waals surface area contributed by atoms with Gasteiger partial charge in [-0.25, -0.2) is 9.98 Å². The molecule has 0 spiro atoms. The van der Waals surface area contributed by atoms with Crippen molar-refractivity contribution in [2.45, 2.75) is 0 Å². The van der Waals surface area contributed by atoms with Crippen LogP contribution in [0.15, 0.2) is 69.8 Å². The Balaban J connectivity index is 0.000000195. The largest absolute Gasteiger partial charge is 0.366 e. The summed E-state index contributed by atoms with van der Waals surface area (Å²) in [5.74, 6) is 0.253. The van der Waals surface area contributed by atoms with Crippen LogP contribution >= 0.6 is 11.8 Å². The topological polar surface area (TPSA) is 152 Å². The van der Waals surface area contributed by atoms with Gasteiger partial charge in [-0.15, -0.1) is 20.4 Å². The predicted molar refractivity (Wildman–Crippen MR) is 106 cm³/mol. The van der Waals surface area contributed by atoms with E-state index in [0.29, 0.717) is 5.69 Å². The molecule has 26 heavy (non-hydrogen) atoms. The lowest BCUT2D eigenvalue weighted by Crippen LogP contribution is -2.06. The molecule has 3 rings (SSSR count). The summed E-state index contributed by atoms with van der Waals surface area (Å²) >= 11 is 1.19. The molecule has 2 aromatic carbocycles. The van der Waals surface area contributed by atoms with Gasteiger partial charge in [0.15, 0.2) is 0 Å². The molecule has 132 valence electrons. The Bertz CT molecular complexity index is 925. The van der Waals surface area contributed by atoms with E-state index >= 15 is 0 Å². The number of rotatable bonds is 1. The number of nitrogens with two attached hydrogens (primary N) is 2. The number of thioether (sulfide) groups is 1. The molecule has 0 aliphatic carbocycles. The minimum atomic E-state index is 0.0417. The van der Waals surface area contributed by atoms with Crippen LogP contribution in [0.1, 0.15) is 0 Å². The molecular weight excluding hydrogens is 350 g/mol. The van der Waals surface area contributed by atoms with Crippen LogP contribution in [0.25, 0.3) is 11.0 Å². The number of azo groups is 1. The van der Waals surface area contributed by atoms with Crippen LogP contribution in [0.4, 0.5) is 11.6 Å². The molecule has 0 fully saturated rings. The first-order valence-corrected chi connectivity index (χ1v) is 8.59. The highest BCUT2D eigenvalue weighted by atomic mass is 32.2. The van der Waals surface area contributed by atoms with Gasteiger partial charge in [0.2, 0.25) is 17.1 Å². The second kappa shape index (κ2) is 9.79. The van der Waals surface area contributed by atoms with Crippen molar-refractivity contribution in [1.29, 1.82) is 5.41 Å². The molecule has 0 amide bonds. The number of nitrogens with one attached hydrogen (secondary N) is 1. The highest BCUT2D eigenvalue weighted by molar-refractivity contribution is 8.13. The lowest BCUT2D eigenvalue weighted by Gasteiger charge is -1.93. The second-order valence-corrected chi connectivity index (χ2v) is 5.47. The summed E-state index contributed by atoms with van der Waals surface area (Å²) in [5.41, 5.74) is 13.1. The van der Waals surface area contributed by atoms with Crippen molar-refractivity contribution in [3.05, 3.63) is 54.6 Å². The monoisotopic (exact) mass is 367 g/mol. The number of guanidine groups is 1. The van der Waals surface area contributed by atoms with E-state index in [1.165, 1.54) is 11.8 Å². The molecule has 9 nitrogen and oxygen atoms in total. The third-order valence-corrected chi connectivity index (χ3v) is 3.28. The summed E-state index contributed by atoms with van der Waals surface area (Å²) in [6, 6.07) is 16.7. The Morgan fingerprint density at radius 2 is 1.62 bits per heavy atom. The van der Waals surface area contributed by atoms with Gasteiger partial charge in [-0.1, -0.05) is 42.1 Å². The van der Waals surface area contributed by atoms with Gasteiger partial charge >= 0.3 is 0 Å². The maximum Gasteiger partial charge on any atom is 0.240 e. The van der Waals surface area contributed by atoms with Crippen LogP contribution in [0.3, 0.4) is 0 Å². The van der Waals surface area contributed by atoms with Crippen molar-refractivity contribution in [3.63, 3.8) is 0 Å². The van der Waals surface area contributed by atoms with Crippen molar-refractivity contribution in [2.75, 3.05) is 12.0 Å². The zero-order chi connectivity index (χ0) is 18.8. The average molecular weight is 367 g/mol. The molecule has 0 unspecified atom stereocenters. The first kappa shape index (κ1) is 18.9. The van der Waals surface area contributed by atoms with E-state index in [4.69, 9.17) is 16.9 Å². The summed E-state index contributed by atoms with van der Waals surface area (Å²) in [7, 11) is 0. The number of hydrogen-bond donors (Lipinski definition) is 3. The van der Waals surface area contributed by atoms with E-state index in [0.717, 1.165) is 11.0 Å². The quantitative estimate of drug-likeness (QED) is 0.341. The minimum absolute atomic E-state index is 0.0417. The van der Waals surface area contributed by atoms with Gasteiger partial charge in [0, 0.05) is 0 Å². The van der Waals surface area contributed by atoms with Gasteiger partial charge < -0.3 is 11.5 Å². The number of hydrogen-bond acceptors (Lipinski definition) is 7. The third-order valence-electron chi connectivity index (χ3n) is 2.81. The first-order chi connectivity index (χ1) is 12.6. The molecule has 5 N–H and O–H groups in total. The number of aliphatic imine (C=N–C) groups is 1. The highest BCUT2D eigenvalue weighted by Crippen LogP contribution is 2.09. The van der Waals surface area contributed by atoms with Gasteiger partial charge in [0.25, 0.3) is 0 Å². The van der Waals surface area contributed by atoms with Gasteiger partial charge in [0.1, 0.15) is 5.52 Å². The zero-order valence-corrected chi connectivity index (χ0v) is 14.8. The second-order valence-electron chi connectivity index (χ2n) is 4.67. The standard InChI is InChI=1S/C9H11N5S.C7H6N4/c1-15-9(11)14-13-8(10)12-7-5-3-2-4-6-7;8-7-9-5-3-1-2-4-6(5)10-11-7/h2-6,11H,1H3,(H2,10,12);1-4H,(H2,8,9,11).